The molecule has 0 atom stereocenters. The van der Waals surface area contributed by atoms with E-state index in [9.17, 15) is 14.9 Å². The predicted molar refractivity (Wildman–Crippen MR) is 114 cm³/mol. The van der Waals surface area contributed by atoms with E-state index >= 15 is 0 Å². The highest BCUT2D eigenvalue weighted by Crippen LogP contribution is 2.27. The fourth-order valence-corrected chi connectivity index (χ4v) is 2.91. The van der Waals surface area contributed by atoms with E-state index in [2.05, 4.69) is 5.32 Å². The molecular formula is C23H20N2O4. The van der Waals surface area contributed by atoms with Gasteiger partial charge in [0.05, 0.1) is 23.3 Å². The molecule has 0 fully saturated rings. The highest BCUT2D eigenvalue weighted by atomic mass is 16.6. The van der Waals surface area contributed by atoms with E-state index in [0.717, 1.165) is 16.9 Å². The maximum atomic E-state index is 13.1. The molecule has 0 spiro atoms. The summed E-state index contributed by atoms with van der Waals surface area (Å²) in [5.41, 5.74) is 2.79. The molecule has 1 amide bonds. The number of nitro benzene ring substituents is 1. The van der Waals surface area contributed by atoms with Crippen LogP contribution in [0.5, 0.6) is 5.75 Å². The summed E-state index contributed by atoms with van der Waals surface area (Å²) in [6.45, 7) is 1.61. The minimum absolute atomic E-state index is 0.0387. The second kappa shape index (κ2) is 8.84. The van der Waals surface area contributed by atoms with Crippen LogP contribution in [0.1, 0.15) is 16.7 Å². The molecule has 146 valence electrons. The third kappa shape index (κ3) is 4.68. The zero-order valence-electron chi connectivity index (χ0n) is 16.1. The summed E-state index contributed by atoms with van der Waals surface area (Å²) in [5, 5.41) is 14.0. The van der Waals surface area contributed by atoms with Crippen LogP contribution in [0, 0.1) is 17.0 Å². The molecule has 0 radical (unpaired) electrons. The first-order chi connectivity index (χ1) is 14.0. The lowest BCUT2D eigenvalue weighted by Gasteiger charge is -2.12. The standard InChI is InChI=1S/C23H20N2O4/c1-16-21(9-6-10-22(16)25(27)28)24-23(26)20(18-7-4-3-5-8-18)15-17-11-13-19(29-2)14-12-17/h3-15H,1-2H3,(H,24,26)/b20-15+. The van der Waals surface area contributed by atoms with Crippen LogP contribution in [0.15, 0.2) is 72.8 Å². The molecule has 3 aromatic rings. The maximum absolute atomic E-state index is 13.1. The summed E-state index contributed by atoms with van der Waals surface area (Å²) in [6.07, 6.45) is 1.77. The first kappa shape index (κ1) is 19.8. The van der Waals surface area contributed by atoms with Crippen molar-refractivity contribution < 1.29 is 14.5 Å². The van der Waals surface area contributed by atoms with Gasteiger partial charge in [0, 0.05) is 11.6 Å². The van der Waals surface area contributed by atoms with E-state index in [-0.39, 0.29) is 11.6 Å². The molecule has 0 aromatic heterocycles. The molecule has 3 aromatic carbocycles. The number of methoxy groups -OCH3 is 1. The Kier molecular flexibility index (Phi) is 6.04. The summed E-state index contributed by atoms with van der Waals surface area (Å²) >= 11 is 0. The van der Waals surface area contributed by atoms with Gasteiger partial charge in [0.15, 0.2) is 0 Å². The zero-order valence-corrected chi connectivity index (χ0v) is 16.1. The molecule has 0 aliphatic carbocycles. The van der Waals surface area contributed by atoms with Crippen LogP contribution in [-0.4, -0.2) is 17.9 Å². The van der Waals surface area contributed by atoms with E-state index in [1.807, 2.05) is 54.6 Å². The third-order valence-corrected chi connectivity index (χ3v) is 4.51. The Hall–Kier alpha value is -3.93. The Morgan fingerprint density at radius 3 is 2.31 bits per heavy atom. The van der Waals surface area contributed by atoms with Gasteiger partial charge in [-0.3, -0.25) is 14.9 Å². The second-order valence-electron chi connectivity index (χ2n) is 6.36. The predicted octanol–water partition coefficient (Wildman–Crippen LogP) is 5.09. The number of nitrogens with one attached hydrogen (secondary N) is 1. The number of nitrogens with zero attached hydrogens (tertiary/aromatic N) is 1. The van der Waals surface area contributed by atoms with Crippen molar-refractivity contribution in [2.24, 2.45) is 0 Å². The van der Waals surface area contributed by atoms with Gasteiger partial charge in [0.25, 0.3) is 11.6 Å². The van der Waals surface area contributed by atoms with Crippen molar-refractivity contribution in [2.45, 2.75) is 6.92 Å². The van der Waals surface area contributed by atoms with Crippen LogP contribution < -0.4 is 10.1 Å². The summed E-state index contributed by atoms with van der Waals surface area (Å²) in [4.78, 5) is 23.8. The Bertz CT molecular complexity index is 1060. The van der Waals surface area contributed by atoms with Gasteiger partial charge in [-0.25, -0.2) is 0 Å². The molecule has 6 heteroatoms. The lowest BCUT2D eigenvalue weighted by Crippen LogP contribution is -2.15. The zero-order chi connectivity index (χ0) is 20.8. The van der Waals surface area contributed by atoms with Gasteiger partial charge in [-0.15, -0.1) is 0 Å². The van der Waals surface area contributed by atoms with E-state index in [0.29, 0.717) is 16.8 Å². The Balaban J connectivity index is 1.98. The summed E-state index contributed by atoms with van der Waals surface area (Å²) in [6, 6.07) is 21.2. The molecule has 0 heterocycles. The SMILES string of the molecule is COc1ccc(/C=C(/C(=O)Nc2cccc([N+](=O)[O-])c2C)c2ccccc2)cc1. The number of carbonyl (C=O) groups is 1. The molecule has 0 aliphatic heterocycles. The Morgan fingerprint density at radius 2 is 1.69 bits per heavy atom. The van der Waals surface area contributed by atoms with Crippen LogP contribution in [0.2, 0.25) is 0 Å². The third-order valence-electron chi connectivity index (χ3n) is 4.51. The smallest absolute Gasteiger partial charge is 0.274 e. The van der Waals surface area contributed by atoms with Gasteiger partial charge < -0.3 is 10.1 Å². The topological polar surface area (TPSA) is 81.5 Å². The number of rotatable bonds is 6. The minimum Gasteiger partial charge on any atom is -0.497 e. The van der Waals surface area contributed by atoms with Crippen molar-refractivity contribution in [1.82, 2.24) is 0 Å². The van der Waals surface area contributed by atoms with Crippen LogP contribution >= 0.6 is 0 Å². The van der Waals surface area contributed by atoms with Gasteiger partial charge >= 0.3 is 0 Å². The van der Waals surface area contributed by atoms with Crippen LogP contribution in [-0.2, 0) is 4.79 Å². The van der Waals surface area contributed by atoms with Gasteiger partial charge in [0.1, 0.15) is 5.75 Å². The van der Waals surface area contributed by atoms with Crippen LogP contribution in [0.4, 0.5) is 11.4 Å². The summed E-state index contributed by atoms with van der Waals surface area (Å²) in [5.74, 6) is 0.371. The lowest BCUT2D eigenvalue weighted by molar-refractivity contribution is -0.385. The number of amides is 1. The van der Waals surface area contributed by atoms with E-state index in [1.54, 1.807) is 32.2 Å². The van der Waals surface area contributed by atoms with Crippen molar-refractivity contribution in [1.29, 1.82) is 0 Å². The molecule has 1 N–H and O–H groups in total. The highest BCUT2D eigenvalue weighted by molar-refractivity contribution is 6.29. The minimum atomic E-state index is -0.462. The molecule has 0 aliphatic rings. The average Bonchev–Trinajstić information content (AvgIpc) is 2.74. The van der Waals surface area contributed by atoms with Gasteiger partial charge in [-0.2, -0.15) is 0 Å². The molecule has 29 heavy (non-hydrogen) atoms. The van der Waals surface area contributed by atoms with E-state index in [1.165, 1.54) is 6.07 Å². The monoisotopic (exact) mass is 388 g/mol. The lowest BCUT2D eigenvalue weighted by atomic mass is 10.0. The highest BCUT2D eigenvalue weighted by Gasteiger charge is 2.17. The quantitative estimate of drug-likeness (QED) is 0.276. The average molecular weight is 388 g/mol. The molecule has 3 rings (SSSR count). The van der Waals surface area contributed by atoms with Crippen molar-refractivity contribution in [3.63, 3.8) is 0 Å². The van der Waals surface area contributed by atoms with E-state index in [4.69, 9.17) is 4.74 Å². The van der Waals surface area contributed by atoms with Crippen molar-refractivity contribution in [3.05, 3.63) is 99.6 Å². The molecule has 0 bridgehead atoms. The number of nitro groups is 1. The first-order valence-corrected chi connectivity index (χ1v) is 8.96. The number of anilines is 1. The number of carbonyl (C=O) groups excluding carboxylic acids is 1. The number of hydrogen-bond acceptors (Lipinski definition) is 4. The van der Waals surface area contributed by atoms with Crippen molar-refractivity contribution in [3.8, 4) is 5.75 Å². The van der Waals surface area contributed by atoms with Gasteiger partial charge in [-0.05, 0) is 42.3 Å². The summed E-state index contributed by atoms with van der Waals surface area (Å²) < 4.78 is 5.17. The molecule has 0 saturated heterocycles. The second-order valence-corrected chi connectivity index (χ2v) is 6.36. The molecule has 0 unspecified atom stereocenters. The number of ether oxygens (including phenoxy) is 1. The van der Waals surface area contributed by atoms with Crippen molar-refractivity contribution in [2.75, 3.05) is 12.4 Å². The van der Waals surface area contributed by atoms with Crippen LogP contribution in [0.3, 0.4) is 0 Å². The molecular weight excluding hydrogens is 368 g/mol. The normalized spacial score (nSPS) is 11.0. The molecule has 0 saturated carbocycles. The fourth-order valence-electron chi connectivity index (χ4n) is 2.91. The fraction of sp³-hybridized carbons (Fsp3) is 0.0870. The molecule has 6 nitrogen and oxygen atoms in total. The summed E-state index contributed by atoms with van der Waals surface area (Å²) in [7, 11) is 1.59. The van der Waals surface area contributed by atoms with Gasteiger partial charge in [-0.1, -0.05) is 48.5 Å². The van der Waals surface area contributed by atoms with Gasteiger partial charge in [0.2, 0.25) is 0 Å². The van der Waals surface area contributed by atoms with Crippen LogP contribution in [0.25, 0.3) is 11.6 Å². The largest absolute Gasteiger partial charge is 0.497 e. The van der Waals surface area contributed by atoms with E-state index < -0.39 is 4.92 Å². The Labute approximate surface area is 168 Å². The number of hydrogen-bond donors (Lipinski definition) is 1. The Morgan fingerprint density at radius 1 is 1.00 bits per heavy atom. The van der Waals surface area contributed by atoms with Crippen molar-refractivity contribution >= 4 is 28.9 Å². The first-order valence-electron chi connectivity index (χ1n) is 8.96. The number of benzene rings is 3. The maximum Gasteiger partial charge on any atom is 0.274 e.